The molecule has 1 aliphatic rings. The van der Waals surface area contributed by atoms with Gasteiger partial charge in [0.1, 0.15) is 0 Å². The Balaban J connectivity index is 1.72. The molecular formula is C16H15N3O. The van der Waals surface area contributed by atoms with Gasteiger partial charge in [0.05, 0.1) is 31.0 Å². The van der Waals surface area contributed by atoms with E-state index in [9.17, 15) is 0 Å². The van der Waals surface area contributed by atoms with Crippen LogP contribution < -0.4 is 5.32 Å². The molecule has 100 valence electrons. The topological polar surface area (TPSA) is 49.9 Å². The SMILES string of the molecule is c1ccc2c(c1)COCC2Nc1cccc2[nH]ncc12. The van der Waals surface area contributed by atoms with Crippen LogP contribution in [0.1, 0.15) is 17.2 Å². The summed E-state index contributed by atoms with van der Waals surface area (Å²) in [6.07, 6.45) is 1.85. The first-order valence-corrected chi connectivity index (χ1v) is 6.76. The van der Waals surface area contributed by atoms with Crippen LogP contribution in [0.15, 0.2) is 48.7 Å². The van der Waals surface area contributed by atoms with Crippen LogP contribution in [0, 0.1) is 0 Å². The second-order valence-corrected chi connectivity index (χ2v) is 5.05. The molecule has 0 amide bonds. The van der Waals surface area contributed by atoms with Crippen LogP contribution in [0.4, 0.5) is 5.69 Å². The number of nitrogens with one attached hydrogen (secondary N) is 2. The molecule has 2 heterocycles. The van der Waals surface area contributed by atoms with E-state index in [1.54, 1.807) is 0 Å². The first-order chi connectivity index (χ1) is 9.92. The zero-order valence-electron chi connectivity index (χ0n) is 11.0. The fourth-order valence-electron chi connectivity index (χ4n) is 2.78. The lowest BCUT2D eigenvalue weighted by molar-refractivity contribution is 0.0970. The van der Waals surface area contributed by atoms with E-state index in [1.165, 1.54) is 11.1 Å². The van der Waals surface area contributed by atoms with Crippen LogP contribution in [0.25, 0.3) is 10.9 Å². The van der Waals surface area contributed by atoms with E-state index in [4.69, 9.17) is 4.74 Å². The van der Waals surface area contributed by atoms with Crippen LogP contribution in [0.2, 0.25) is 0 Å². The number of hydrogen-bond donors (Lipinski definition) is 2. The summed E-state index contributed by atoms with van der Waals surface area (Å²) in [5.41, 5.74) is 4.71. The molecule has 2 N–H and O–H groups in total. The number of H-pyrrole nitrogens is 1. The maximum Gasteiger partial charge on any atom is 0.0751 e. The first-order valence-electron chi connectivity index (χ1n) is 6.76. The molecule has 0 bridgehead atoms. The van der Waals surface area contributed by atoms with E-state index in [2.05, 4.69) is 45.8 Å². The van der Waals surface area contributed by atoms with Crippen molar-refractivity contribution < 1.29 is 4.74 Å². The standard InChI is InChI=1S/C16H15N3O/c1-2-5-12-11(4-1)9-20-10-16(12)18-14-6-3-7-15-13(14)8-17-19-15/h1-8,16,18H,9-10H2,(H,17,19). The number of benzene rings is 2. The molecule has 4 rings (SSSR count). The van der Waals surface area contributed by atoms with Gasteiger partial charge in [0.2, 0.25) is 0 Å². The third-order valence-electron chi connectivity index (χ3n) is 3.79. The number of aromatic amines is 1. The summed E-state index contributed by atoms with van der Waals surface area (Å²) in [4.78, 5) is 0. The predicted molar refractivity (Wildman–Crippen MR) is 78.6 cm³/mol. The lowest BCUT2D eigenvalue weighted by atomic mass is 9.98. The Morgan fingerprint density at radius 1 is 1.15 bits per heavy atom. The summed E-state index contributed by atoms with van der Waals surface area (Å²) < 4.78 is 5.69. The third kappa shape index (κ3) is 1.85. The van der Waals surface area contributed by atoms with Crippen molar-refractivity contribution in [3.05, 3.63) is 59.8 Å². The van der Waals surface area contributed by atoms with Gasteiger partial charge < -0.3 is 10.1 Å². The summed E-state index contributed by atoms with van der Waals surface area (Å²) in [6.45, 7) is 1.38. The number of anilines is 1. The monoisotopic (exact) mass is 265 g/mol. The van der Waals surface area contributed by atoms with Gasteiger partial charge in [-0.3, -0.25) is 5.10 Å². The second-order valence-electron chi connectivity index (χ2n) is 5.05. The quantitative estimate of drug-likeness (QED) is 0.747. The molecule has 0 aliphatic carbocycles. The molecule has 4 nitrogen and oxygen atoms in total. The van der Waals surface area contributed by atoms with Crippen molar-refractivity contribution in [2.45, 2.75) is 12.6 Å². The summed E-state index contributed by atoms with van der Waals surface area (Å²) in [7, 11) is 0. The number of aromatic nitrogens is 2. The lowest BCUT2D eigenvalue weighted by Gasteiger charge is -2.27. The van der Waals surface area contributed by atoms with E-state index >= 15 is 0 Å². The van der Waals surface area contributed by atoms with Gasteiger partial charge in [-0.05, 0) is 23.3 Å². The molecular weight excluding hydrogens is 250 g/mol. The first kappa shape index (κ1) is 11.5. The smallest absolute Gasteiger partial charge is 0.0751 e. The number of fused-ring (bicyclic) bond motifs is 2. The summed E-state index contributed by atoms with van der Waals surface area (Å²) in [5.74, 6) is 0. The molecule has 1 aliphatic heterocycles. The Morgan fingerprint density at radius 3 is 3.10 bits per heavy atom. The number of nitrogens with zero attached hydrogens (tertiary/aromatic N) is 1. The van der Waals surface area contributed by atoms with Crippen molar-refractivity contribution in [2.75, 3.05) is 11.9 Å². The fraction of sp³-hybridized carbons (Fsp3) is 0.188. The summed E-state index contributed by atoms with van der Waals surface area (Å²) in [5, 5.41) is 11.8. The van der Waals surface area contributed by atoms with Crippen LogP contribution in [-0.2, 0) is 11.3 Å². The molecule has 4 heteroatoms. The number of hydrogen-bond acceptors (Lipinski definition) is 3. The molecule has 0 spiro atoms. The molecule has 3 aromatic rings. The van der Waals surface area contributed by atoms with Gasteiger partial charge in [-0.25, -0.2) is 0 Å². The zero-order chi connectivity index (χ0) is 13.4. The minimum Gasteiger partial charge on any atom is -0.375 e. The highest BCUT2D eigenvalue weighted by Gasteiger charge is 2.20. The Bertz CT molecular complexity index is 750. The van der Waals surface area contributed by atoms with Crippen LogP contribution >= 0.6 is 0 Å². The van der Waals surface area contributed by atoms with Crippen molar-refractivity contribution in [3.63, 3.8) is 0 Å². The highest BCUT2D eigenvalue weighted by atomic mass is 16.5. The zero-order valence-corrected chi connectivity index (χ0v) is 11.0. The molecule has 1 aromatic heterocycles. The largest absolute Gasteiger partial charge is 0.375 e. The third-order valence-corrected chi connectivity index (χ3v) is 3.79. The van der Waals surface area contributed by atoms with Crippen molar-refractivity contribution in [1.82, 2.24) is 10.2 Å². The molecule has 0 saturated carbocycles. The Hall–Kier alpha value is -2.33. The van der Waals surface area contributed by atoms with Crippen LogP contribution in [0.3, 0.4) is 0 Å². The molecule has 2 aromatic carbocycles. The Morgan fingerprint density at radius 2 is 2.10 bits per heavy atom. The van der Waals surface area contributed by atoms with Crippen molar-refractivity contribution in [1.29, 1.82) is 0 Å². The number of rotatable bonds is 2. The molecule has 0 saturated heterocycles. The Kier molecular flexibility index (Phi) is 2.67. The maximum atomic E-state index is 5.69. The van der Waals surface area contributed by atoms with Gasteiger partial charge >= 0.3 is 0 Å². The average Bonchev–Trinajstić information content (AvgIpc) is 2.97. The normalized spacial score (nSPS) is 17.9. The van der Waals surface area contributed by atoms with Crippen molar-refractivity contribution in [3.8, 4) is 0 Å². The summed E-state index contributed by atoms with van der Waals surface area (Å²) in [6, 6.07) is 14.7. The van der Waals surface area contributed by atoms with Crippen molar-refractivity contribution in [2.24, 2.45) is 0 Å². The minimum absolute atomic E-state index is 0.181. The minimum atomic E-state index is 0.181. The highest BCUT2D eigenvalue weighted by molar-refractivity contribution is 5.91. The molecule has 0 radical (unpaired) electrons. The van der Waals surface area contributed by atoms with Gasteiger partial charge in [0.15, 0.2) is 0 Å². The van der Waals surface area contributed by atoms with E-state index in [0.717, 1.165) is 16.6 Å². The number of ether oxygens (including phenoxy) is 1. The molecule has 20 heavy (non-hydrogen) atoms. The van der Waals surface area contributed by atoms with Gasteiger partial charge in [0, 0.05) is 11.1 Å². The van der Waals surface area contributed by atoms with Crippen LogP contribution in [-0.4, -0.2) is 16.8 Å². The van der Waals surface area contributed by atoms with E-state index in [-0.39, 0.29) is 6.04 Å². The maximum absolute atomic E-state index is 5.69. The van der Waals surface area contributed by atoms with E-state index in [1.807, 2.05) is 18.3 Å². The lowest BCUT2D eigenvalue weighted by Crippen LogP contribution is -2.23. The van der Waals surface area contributed by atoms with Gasteiger partial charge in [-0.15, -0.1) is 0 Å². The van der Waals surface area contributed by atoms with E-state index < -0.39 is 0 Å². The van der Waals surface area contributed by atoms with Gasteiger partial charge in [0.25, 0.3) is 0 Å². The Labute approximate surface area is 116 Å². The summed E-state index contributed by atoms with van der Waals surface area (Å²) >= 11 is 0. The fourth-order valence-corrected chi connectivity index (χ4v) is 2.78. The molecule has 0 fully saturated rings. The molecule has 1 unspecified atom stereocenters. The highest BCUT2D eigenvalue weighted by Crippen LogP contribution is 2.30. The van der Waals surface area contributed by atoms with Crippen LogP contribution in [0.5, 0.6) is 0 Å². The average molecular weight is 265 g/mol. The van der Waals surface area contributed by atoms with E-state index in [0.29, 0.717) is 13.2 Å². The van der Waals surface area contributed by atoms with Gasteiger partial charge in [-0.2, -0.15) is 5.10 Å². The predicted octanol–water partition coefficient (Wildman–Crippen LogP) is 3.25. The van der Waals surface area contributed by atoms with Crippen molar-refractivity contribution >= 4 is 16.6 Å². The van der Waals surface area contributed by atoms with Gasteiger partial charge in [-0.1, -0.05) is 30.3 Å². The molecule has 1 atom stereocenters. The second kappa shape index (κ2) is 4.65.